The Bertz CT molecular complexity index is 156. The fourth-order valence-corrected chi connectivity index (χ4v) is 2.42. The molecule has 2 aliphatic rings. The minimum atomic E-state index is 0.517. The molecule has 1 unspecified atom stereocenters. The largest absolute Gasteiger partial charge is 0.327 e. The molecule has 2 heteroatoms. The fraction of sp³-hybridized carbons (Fsp3) is 1.00. The molecule has 0 radical (unpaired) electrons. The second-order valence-corrected chi connectivity index (χ2v) is 4.37. The molecule has 64 valence electrons. The van der Waals surface area contributed by atoms with Crippen molar-refractivity contribution >= 4 is 0 Å². The fourth-order valence-electron chi connectivity index (χ4n) is 2.42. The van der Waals surface area contributed by atoms with Gasteiger partial charge in [0, 0.05) is 25.2 Å². The standard InChI is InChI=1S/C9H18N2/c1-6(2)11-4-7-3-9(10)8(7)5-11/h6-9H,3-5,10H2,1-2H3/t7-,8?,9-/m1/s1. The van der Waals surface area contributed by atoms with Crippen molar-refractivity contribution in [2.75, 3.05) is 13.1 Å². The number of nitrogens with zero attached hydrogens (tertiary/aromatic N) is 1. The lowest BCUT2D eigenvalue weighted by Gasteiger charge is -2.36. The number of likely N-dealkylation sites (tertiary alicyclic amines) is 1. The van der Waals surface area contributed by atoms with Crippen molar-refractivity contribution in [2.24, 2.45) is 17.6 Å². The quantitative estimate of drug-likeness (QED) is 0.601. The monoisotopic (exact) mass is 154 g/mol. The molecule has 0 aromatic rings. The van der Waals surface area contributed by atoms with Gasteiger partial charge in [-0.3, -0.25) is 0 Å². The summed E-state index contributed by atoms with van der Waals surface area (Å²) in [6.07, 6.45) is 1.27. The first-order valence-electron chi connectivity index (χ1n) is 4.68. The van der Waals surface area contributed by atoms with E-state index in [1.165, 1.54) is 19.5 Å². The van der Waals surface area contributed by atoms with Crippen molar-refractivity contribution in [1.82, 2.24) is 4.90 Å². The SMILES string of the molecule is CC(C)N1CC2[C@H](C[C@H]2N)C1. The summed E-state index contributed by atoms with van der Waals surface area (Å²) in [6.45, 7) is 7.10. The Morgan fingerprint density at radius 3 is 2.55 bits per heavy atom. The molecule has 0 spiro atoms. The van der Waals surface area contributed by atoms with E-state index in [9.17, 15) is 0 Å². The lowest BCUT2D eigenvalue weighted by Crippen LogP contribution is -2.46. The normalized spacial score (nSPS) is 44.2. The lowest BCUT2D eigenvalue weighted by molar-refractivity contribution is 0.194. The van der Waals surface area contributed by atoms with Gasteiger partial charge in [-0.15, -0.1) is 0 Å². The van der Waals surface area contributed by atoms with Crippen molar-refractivity contribution in [3.8, 4) is 0 Å². The first-order chi connectivity index (χ1) is 5.18. The van der Waals surface area contributed by atoms with Crippen LogP contribution in [-0.2, 0) is 0 Å². The van der Waals surface area contributed by atoms with Crippen molar-refractivity contribution < 1.29 is 0 Å². The predicted molar refractivity (Wildman–Crippen MR) is 46.3 cm³/mol. The molecule has 1 heterocycles. The predicted octanol–water partition coefficient (Wildman–Crippen LogP) is 0.674. The smallest absolute Gasteiger partial charge is 0.00857 e. The summed E-state index contributed by atoms with van der Waals surface area (Å²) in [5, 5.41) is 0. The highest BCUT2D eigenvalue weighted by molar-refractivity contribution is 5.00. The summed E-state index contributed by atoms with van der Waals surface area (Å²) < 4.78 is 0. The van der Waals surface area contributed by atoms with Crippen molar-refractivity contribution in [1.29, 1.82) is 0 Å². The second kappa shape index (κ2) is 2.46. The highest BCUT2D eigenvalue weighted by Crippen LogP contribution is 2.40. The van der Waals surface area contributed by atoms with Crippen molar-refractivity contribution in [2.45, 2.75) is 32.4 Å². The van der Waals surface area contributed by atoms with Gasteiger partial charge in [0.25, 0.3) is 0 Å². The van der Waals surface area contributed by atoms with E-state index in [2.05, 4.69) is 18.7 Å². The van der Waals surface area contributed by atoms with Gasteiger partial charge in [-0.25, -0.2) is 0 Å². The highest BCUT2D eigenvalue weighted by Gasteiger charge is 2.45. The summed E-state index contributed by atoms with van der Waals surface area (Å²) in [7, 11) is 0. The van der Waals surface area contributed by atoms with Crippen LogP contribution in [0.1, 0.15) is 20.3 Å². The molecule has 2 rings (SSSR count). The Morgan fingerprint density at radius 2 is 2.09 bits per heavy atom. The maximum Gasteiger partial charge on any atom is 0.00857 e. The van der Waals surface area contributed by atoms with E-state index in [1.54, 1.807) is 0 Å². The van der Waals surface area contributed by atoms with Gasteiger partial charge < -0.3 is 10.6 Å². The van der Waals surface area contributed by atoms with Crippen LogP contribution in [0.3, 0.4) is 0 Å². The molecule has 0 aromatic carbocycles. The lowest BCUT2D eigenvalue weighted by atomic mass is 9.72. The first-order valence-corrected chi connectivity index (χ1v) is 4.68. The van der Waals surface area contributed by atoms with Gasteiger partial charge in [0.05, 0.1) is 0 Å². The molecule has 1 aliphatic heterocycles. The van der Waals surface area contributed by atoms with Gasteiger partial charge in [-0.05, 0) is 32.1 Å². The average Bonchev–Trinajstić information content (AvgIpc) is 2.26. The summed E-state index contributed by atoms with van der Waals surface area (Å²) >= 11 is 0. The number of hydrogen-bond donors (Lipinski definition) is 1. The van der Waals surface area contributed by atoms with E-state index in [4.69, 9.17) is 5.73 Å². The van der Waals surface area contributed by atoms with Crippen LogP contribution in [0.5, 0.6) is 0 Å². The van der Waals surface area contributed by atoms with Crippen LogP contribution in [-0.4, -0.2) is 30.1 Å². The van der Waals surface area contributed by atoms with Crippen LogP contribution in [0.25, 0.3) is 0 Å². The molecule has 1 saturated heterocycles. The van der Waals surface area contributed by atoms with E-state index in [0.29, 0.717) is 12.1 Å². The molecule has 11 heavy (non-hydrogen) atoms. The topological polar surface area (TPSA) is 29.3 Å². The number of nitrogens with two attached hydrogens (primary N) is 1. The maximum absolute atomic E-state index is 5.90. The molecule has 1 aliphatic carbocycles. The minimum absolute atomic E-state index is 0.517. The molecular weight excluding hydrogens is 136 g/mol. The maximum atomic E-state index is 5.90. The molecule has 1 saturated carbocycles. The first kappa shape index (κ1) is 7.56. The third-order valence-corrected chi connectivity index (χ3v) is 3.37. The molecule has 0 aromatic heterocycles. The Kier molecular flexibility index (Phi) is 1.69. The van der Waals surface area contributed by atoms with E-state index in [1.807, 2.05) is 0 Å². The Balaban J connectivity index is 1.93. The van der Waals surface area contributed by atoms with Gasteiger partial charge in [0.1, 0.15) is 0 Å². The van der Waals surface area contributed by atoms with Crippen LogP contribution in [0.15, 0.2) is 0 Å². The van der Waals surface area contributed by atoms with E-state index < -0.39 is 0 Å². The third-order valence-electron chi connectivity index (χ3n) is 3.37. The minimum Gasteiger partial charge on any atom is -0.327 e. The highest BCUT2D eigenvalue weighted by atomic mass is 15.2. The Morgan fingerprint density at radius 1 is 1.36 bits per heavy atom. The molecule has 3 atom stereocenters. The van der Waals surface area contributed by atoms with Gasteiger partial charge in [0.15, 0.2) is 0 Å². The molecule has 0 amide bonds. The zero-order valence-electron chi connectivity index (χ0n) is 7.46. The van der Waals surface area contributed by atoms with Crippen molar-refractivity contribution in [3.63, 3.8) is 0 Å². The number of hydrogen-bond acceptors (Lipinski definition) is 2. The van der Waals surface area contributed by atoms with E-state index in [-0.39, 0.29) is 0 Å². The van der Waals surface area contributed by atoms with Gasteiger partial charge in [-0.2, -0.15) is 0 Å². The molecule has 2 nitrogen and oxygen atoms in total. The Labute approximate surface area is 68.7 Å². The zero-order valence-corrected chi connectivity index (χ0v) is 7.46. The zero-order chi connectivity index (χ0) is 8.01. The summed E-state index contributed by atoms with van der Waals surface area (Å²) in [4.78, 5) is 2.56. The Hall–Kier alpha value is -0.0800. The van der Waals surface area contributed by atoms with Crippen LogP contribution >= 0.6 is 0 Å². The van der Waals surface area contributed by atoms with Crippen molar-refractivity contribution in [3.05, 3.63) is 0 Å². The van der Waals surface area contributed by atoms with Crippen LogP contribution in [0.2, 0.25) is 0 Å². The van der Waals surface area contributed by atoms with E-state index >= 15 is 0 Å². The summed E-state index contributed by atoms with van der Waals surface area (Å²) in [6, 6.07) is 1.23. The second-order valence-electron chi connectivity index (χ2n) is 4.37. The molecule has 2 N–H and O–H groups in total. The van der Waals surface area contributed by atoms with Gasteiger partial charge in [-0.1, -0.05) is 0 Å². The van der Waals surface area contributed by atoms with Crippen LogP contribution in [0.4, 0.5) is 0 Å². The average molecular weight is 154 g/mol. The van der Waals surface area contributed by atoms with Gasteiger partial charge >= 0.3 is 0 Å². The van der Waals surface area contributed by atoms with Gasteiger partial charge in [0.2, 0.25) is 0 Å². The number of fused-ring (bicyclic) bond motifs is 1. The summed E-state index contributed by atoms with van der Waals surface area (Å²) in [5.74, 6) is 1.77. The molecule has 2 fully saturated rings. The molecular formula is C9H18N2. The van der Waals surface area contributed by atoms with Crippen LogP contribution < -0.4 is 5.73 Å². The number of rotatable bonds is 1. The molecule has 0 bridgehead atoms. The third kappa shape index (κ3) is 1.09. The van der Waals surface area contributed by atoms with Crippen LogP contribution in [0, 0.1) is 11.8 Å². The van der Waals surface area contributed by atoms with E-state index in [0.717, 1.165) is 11.8 Å². The summed E-state index contributed by atoms with van der Waals surface area (Å²) in [5.41, 5.74) is 5.90.